The molecule has 3 aromatic rings. The van der Waals surface area contributed by atoms with Crippen molar-refractivity contribution in [3.8, 4) is 11.5 Å². The van der Waals surface area contributed by atoms with Gasteiger partial charge in [-0.1, -0.05) is 6.07 Å². The third-order valence-corrected chi connectivity index (χ3v) is 3.60. The molecule has 0 aliphatic carbocycles. The van der Waals surface area contributed by atoms with Gasteiger partial charge < -0.3 is 4.90 Å². The van der Waals surface area contributed by atoms with E-state index in [9.17, 15) is 13.2 Å². The van der Waals surface area contributed by atoms with Gasteiger partial charge >= 0.3 is 6.18 Å². The van der Waals surface area contributed by atoms with Gasteiger partial charge in [-0.05, 0) is 30.3 Å². The lowest BCUT2D eigenvalue weighted by Gasteiger charge is -2.20. The van der Waals surface area contributed by atoms with E-state index in [0.29, 0.717) is 12.5 Å². The Morgan fingerprint density at radius 3 is 2.68 bits per heavy atom. The van der Waals surface area contributed by atoms with Crippen LogP contribution < -0.4 is 4.90 Å². The minimum absolute atomic E-state index is 0.0520. The second-order valence-corrected chi connectivity index (χ2v) is 5.29. The van der Waals surface area contributed by atoms with Crippen LogP contribution in [-0.4, -0.2) is 32.5 Å². The molecule has 25 heavy (non-hydrogen) atoms. The van der Waals surface area contributed by atoms with Gasteiger partial charge in [-0.25, -0.2) is 14.5 Å². The lowest BCUT2D eigenvalue weighted by Crippen LogP contribution is -2.21. The van der Waals surface area contributed by atoms with Gasteiger partial charge in [0.1, 0.15) is 23.6 Å². The molecular weight excluding hydrogens is 333 g/mol. The molecule has 0 unspecified atom stereocenters. The number of hydrogen-bond acceptors (Lipinski definition) is 5. The summed E-state index contributed by atoms with van der Waals surface area (Å²) in [5.41, 5.74) is -0.209. The molecule has 0 aromatic carbocycles. The summed E-state index contributed by atoms with van der Waals surface area (Å²) in [6.07, 6.45) is 2.40. The minimum atomic E-state index is -4.53. The number of nitrogens with zero attached hydrogens (tertiary/aromatic N) is 6. The van der Waals surface area contributed by atoms with Crippen LogP contribution >= 0.6 is 0 Å². The van der Waals surface area contributed by atoms with Crippen LogP contribution in [0.1, 0.15) is 5.69 Å². The van der Waals surface area contributed by atoms with Crippen molar-refractivity contribution >= 4 is 17.5 Å². The second kappa shape index (κ2) is 5.69. The van der Waals surface area contributed by atoms with Crippen molar-refractivity contribution in [1.82, 2.24) is 19.6 Å². The normalized spacial score (nSPS) is 14.4. The zero-order valence-electron chi connectivity index (χ0n) is 12.7. The molecule has 0 fully saturated rings. The lowest BCUT2D eigenvalue weighted by molar-refractivity contribution is -0.141. The van der Waals surface area contributed by atoms with E-state index in [-0.39, 0.29) is 11.5 Å². The maximum Gasteiger partial charge on any atom is 0.433 e. The van der Waals surface area contributed by atoms with Crippen molar-refractivity contribution in [3.63, 3.8) is 0 Å². The zero-order chi connectivity index (χ0) is 17.4. The summed E-state index contributed by atoms with van der Waals surface area (Å²) < 4.78 is 40.3. The average molecular weight is 344 g/mol. The first-order valence-corrected chi connectivity index (χ1v) is 7.36. The van der Waals surface area contributed by atoms with Crippen molar-refractivity contribution < 1.29 is 13.2 Å². The summed E-state index contributed by atoms with van der Waals surface area (Å²) in [5.74, 6) is 0.648. The standard InChI is InChI=1S/C16H11F3N6/c17-16(18,19)13-6-1-4-11(21-13)14-22-15(24-8-3-7-20-10-24)12-5-2-9-25(12)23-14/h1-9H,10H2. The van der Waals surface area contributed by atoms with Crippen LogP contribution in [0.4, 0.5) is 19.0 Å². The smallest absolute Gasteiger partial charge is 0.311 e. The number of pyridine rings is 1. The monoisotopic (exact) mass is 344 g/mol. The van der Waals surface area contributed by atoms with Gasteiger partial charge in [0.15, 0.2) is 5.82 Å². The fraction of sp³-hybridized carbons (Fsp3) is 0.125. The lowest BCUT2D eigenvalue weighted by atomic mass is 10.3. The Hall–Kier alpha value is -3.23. The van der Waals surface area contributed by atoms with E-state index >= 15 is 0 Å². The van der Waals surface area contributed by atoms with E-state index in [1.54, 1.807) is 40.2 Å². The molecule has 0 spiro atoms. The zero-order valence-corrected chi connectivity index (χ0v) is 12.7. The summed E-state index contributed by atoms with van der Waals surface area (Å²) in [6.45, 7) is 0.365. The van der Waals surface area contributed by atoms with E-state index < -0.39 is 11.9 Å². The number of rotatable bonds is 2. The van der Waals surface area contributed by atoms with Crippen molar-refractivity contribution in [3.05, 3.63) is 54.5 Å². The molecule has 4 heterocycles. The molecule has 4 rings (SSSR count). The maximum atomic E-state index is 12.9. The van der Waals surface area contributed by atoms with E-state index in [1.807, 2.05) is 6.07 Å². The van der Waals surface area contributed by atoms with Crippen LogP contribution in [0.2, 0.25) is 0 Å². The fourth-order valence-corrected chi connectivity index (χ4v) is 2.48. The molecule has 0 radical (unpaired) electrons. The van der Waals surface area contributed by atoms with E-state index in [1.165, 1.54) is 12.1 Å². The van der Waals surface area contributed by atoms with Crippen molar-refractivity contribution in [1.29, 1.82) is 0 Å². The Morgan fingerprint density at radius 1 is 1.04 bits per heavy atom. The third kappa shape index (κ3) is 2.84. The molecule has 0 saturated heterocycles. The molecule has 6 nitrogen and oxygen atoms in total. The Morgan fingerprint density at radius 2 is 1.92 bits per heavy atom. The number of allylic oxidation sites excluding steroid dienone is 1. The highest BCUT2D eigenvalue weighted by Crippen LogP contribution is 2.29. The number of hydrogen-bond donors (Lipinski definition) is 0. The van der Waals surface area contributed by atoms with Gasteiger partial charge in [-0.2, -0.15) is 13.2 Å². The average Bonchev–Trinajstić information content (AvgIpc) is 3.09. The first-order chi connectivity index (χ1) is 12.0. The SMILES string of the molecule is FC(F)(F)c1cccc(-c2nc(N3C=CC=NC3)c3cccn3n2)n1. The summed E-state index contributed by atoms with van der Waals surface area (Å²) in [5, 5.41) is 4.27. The minimum Gasteiger partial charge on any atom is -0.311 e. The highest BCUT2D eigenvalue weighted by molar-refractivity contribution is 5.77. The topological polar surface area (TPSA) is 58.7 Å². The van der Waals surface area contributed by atoms with E-state index in [4.69, 9.17) is 0 Å². The molecule has 126 valence electrons. The molecule has 9 heteroatoms. The highest BCUT2D eigenvalue weighted by Gasteiger charge is 2.32. The fourth-order valence-electron chi connectivity index (χ4n) is 2.48. The molecule has 0 bridgehead atoms. The van der Waals surface area contributed by atoms with Crippen molar-refractivity contribution in [2.75, 3.05) is 11.6 Å². The molecule has 0 amide bonds. The molecular formula is C16H11F3N6. The summed E-state index contributed by atoms with van der Waals surface area (Å²) in [6, 6.07) is 7.27. The summed E-state index contributed by atoms with van der Waals surface area (Å²) in [7, 11) is 0. The van der Waals surface area contributed by atoms with Gasteiger partial charge in [0.25, 0.3) is 0 Å². The largest absolute Gasteiger partial charge is 0.433 e. The first kappa shape index (κ1) is 15.3. The highest BCUT2D eigenvalue weighted by atomic mass is 19.4. The Labute approximate surface area is 140 Å². The van der Waals surface area contributed by atoms with Crippen LogP contribution in [0.15, 0.2) is 53.8 Å². The third-order valence-electron chi connectivity index (χ3n) is 3.60. The first-order valence-electron chi connectivity index (χ1n) is 7.36. The van der Waals surface area contributed by atoms with Crippen LogP contribution in [0, 0.1) is 0 Å². The van der Waals surface area contributed by atoms with Gasteiger partial charge in [-0.15, -0.1) is 5.10 Å². The number of fused-ring (bicyclic) bond motifs is 1. The predicted molar refractivity (Wildman–Crippen MR) is 86.2 cm³/mol. The van der Waals surface area contributed by atoms with Gasteiger partial charge in [0.2, 0.25) is 5.82 Å². The Balaban J connectivity index is 1.86. The predicted octanol–water partition coefficient (Wildman–Crippen LogP) is 3.17. The van der Waals surface area contributed by atoms with Crippen LogP contribution in [0.3, 0.4) is 0 Å². The Bertz CT molecular complexity index is 989. The number of anilines is 1. The van der Waals surface area contributed by atoms with Crippen LogP contribution in [0.25, 0.3) is 17.0 Å². The second-order valence-electron chi connectivity index (χ2n) is 5.29. The molecule has 3 aromatic heterocycles. The van der Waals surface area contributed by atoms with Gasteiger partial charge in [0.05, 0.1) is 0 Å². The molecule has 0 saturated carbocycles. The van der Waals surface area contributed by atoms with Gasteiger partial charge in [0, 0.05) is 18.6 Å². The number of aliphatic imine (C=N–C) groups is 1. The van der Waals surface area contributed by atoms with Crippen LogP contribution in [0.5, 0.6) is 0 Å². The molecule has 1 aliphatic heterocycles. The quantitative estimate of drug-likeness (QED) is 0.716. The van der Waals surface area contributed by atoms with Crippen molar-refractivity contribution in [2.45, 2.75) is 6.18 Å². The van der Waals surface area contributed by atoms with E-state index in [0.717, 1.165) is 11.6 Å². The maximum absolute atomic E-state index is 12.9. The van der Waals surface area contributed by atoms with Crippen LogP contribution in [-0.2, 0) is 6.18 Å². The summed E-state index contributed by atoms with van der Waals surface area (Å²) in [4.78, 5) is 14.0. The molecule has 0 N–H and O–H groups in total. The van der Waals surface area contributed by atoms with E-state index in [2.05, 4.69) is 20.1 Å². The molecule has 1 aliphatic rings. The number of alkyl halides is 3. The molecule has 0 atom stereocenters. The number of aromatic nitrogens is 4. The Kier molecular flexibility index (Phi) is 3.48. The van der Waals surface area contributed by atoms with Crippen molar-refractivity contribution in [2.24, 2.45) is 4.99 Å². The number of halogens is 3. The van der Waals surface area contributed by atoms with Gasteiger partial charge in [-0.3, -0.25) is 4.99 Å². The summed E-state index contributed by atoms with van der Waals surface area (Å²) >= 11 is 0.